The highest BCUT2D eigenvalue weighted by Crippen LogP contribution is 2.17. The largest absolute Gasteiger partial charge is 0.299 e. The minimum absolute atomic E-state index is 0.0278. The lowest BCUT2D eigenvalue weighted by Crippen LogP contribution is -2.07. The molecule has 0 atom stereocenters. The molecule has 0 fully saturated rings. The Morgan fingerprint density at radius 3 is 2.62 bits per heavy atom. The molecule has 0 radical (unpaired) electrons. The number of rotatable bonds is 3. The fraction of sp³-hybridized carbons (Fsp3) is 0.125. The average Bonchev–Trinajstić information content (AvgIpc) is 2.03. The minimum atomic E-state index is -0.943. The van der Waals surface area contributed by atoms with E-state index in [1.807, 2.05) is 0 Å². The van der Waals surface area contributed by atoms with Crippen molar-refractivity contribution in [1.29, 1.82) is 0 Å². The maximum absolute atomic E-state index is 10.9. The first-order chi connectivity index (χ1) is 6.11. The van der Waals surface area contributed by atoms with Gasteiger partial charge in [0.05, 0.1) is 0 Å². The molecule has 0 bridgehead atoms. The summed E-state index contributed by atoms with van der Waals surface area (Å²) in [5, 5.41) is 9.07. The molecule has 0 saturated heterocycles. The first kappa shape index (κ1) is 9.18. The van der Waals surface area contributed by atoms with E-state index in [1.165, 1.54) is 19.1 Å². The van der Waals surface area contributed by atoms with E-state index < -0.39 is 5.09 Å². The van der Waals surface area contributed by atoms with Crippen molar-refractivity contribution in [1.82, 2.24) is 0 Å². The quantitative estimate of drug-likeness (QED) is 0.402. The molecule has 0 aliphatic carbocycles. The van der Waals surface area contributed by atoms with Crippen LogP contribution in [0, 0.1) is 10.1 Å². The van der Waals surface area contributed by atoms with Gasteiger partial charge in [0.15, 0.2) is 5.78 Å². The third-order valence-corrected chi connectivity index (χ3v) is 1.44. The lowest BCUT2D eigenvalue weighted by atomic mass is 10.1. The fourth-order valence-electron chi connectivity index (χ4n) is 0.917. The molecule has 5 nitrogen and oxygen atoms in total. The number of hydrogen-bond acceptors (Lipinski definition) is 4. The van der Waals surface area contributed by atoms with Crippen LogP contribution in [0.2, 0.25) is 0 Å². The number of para-hydroxylation sites is 1. The summed E-state index contributed by atoms with van der Waals surface area (Å²) in [4.78, 5) is 25.2. The van der Waals surface area contributed by atoms with E-state index in [1.54, 1.807) is 12.1 Å². The van der Waals surface area contributed by atoms with E-state index in [0.717, 1.165) is 0 Å². The molecule has 0 aliphatic heterocycles. The van der Waals surface area contributed by atoms with Gasteiger partial charge in [0.2, 0.25) is 0 Å². The summed E-state index contributed by atoms with van der Waals surface area (Å²) < 4.78 is 0. The number of hydrogen-bond donors (Lipinski definition) is 0. The van der Waals surface area contributed by atoms with Crippen LogP contribution in [0.25, 0.3) is 0 Å². The molecule has 13 heavy (non-hydrogen) atoms. The van der Waals surface area contributed by atoms with E-state index in [-0.39, 0.29) is 17.1 Å². The van der Waals surface area contributed by atoms with Gasteiger partial charge >= 0.3 is 0 Å². The molecule has 0 amide bonds. The Morgan fingerprint density at radius 1 is 1.46 bits per heavy atom. The zero-order valence-electron chi connectivity index (χ0n) is 6.89. The molecule has 0 N–H and O–H groups in total. The number of ketones is 1. The third kappa shape index (κ3) is 2.26. The Kier molecular flexibility index (Phi) is 2.59. The Bertz CT molecular complexity index is 348. The Balaban J connectivity index is 3.04. The van der Waals surface area contributed by atoms with Crippen molar-refractivity contribution < 1.29 is 14.7 Å². The molecule has 0 heterocycles. The lowest BCUT2D eigenvalue weighted by Gasteiger charge is -2.02. The molecular formula is C8H7NO4. The monoisotopic (exact) mass is 181 g/mol. The van der Waals surface area contributed by atoms with Crippen LogP contribution in [-0.2, 0) is 0 Å². The molecular weight excluding hydrogens is 174 g/mol. The van der Waals surface area contributed by atoms with Gasteiger partial charge in [0, 0.05) is 5.56 Å². The van der Waals surface area contributed by atoms with Gasteiger partial charge in [0.1, 0.15) is 5.75 Å². The van der Waals surface area contributed by atoms with Crippen LogP contribution in [0.3, 0.4) is 0 Å². The average molecular weight is 181 g/mol. The Labute approximate surface area is 74.0 Å². The van der Waals surface area contributed by atoms with Crippen molar-refractivity contribution in [3.8, 4) is 5.75 Å². The van der Waals surface area contributed by atoms with E-state index in [9.17, 15) is 14.9 Å². The van der Waals surface area contributed by atoms with Crippen molar-refractivity contribution >= 4 is 5.78 Å². The summed E-state index contributed by atoms with van der Waals surface area (Å²) in [5.41, 5.74) is 0.208. The molecule has 0 saturated carbocycles. The van der Waals surface area contributed by atoms with Crippen molar-refractivity contribution in [2.45, 2.75) is 6.92 Å². The normalized spacial score (nSPS) is 9.31. The summed E-state index contributed by atoms with van der Waals surface area (Å²) in [6.45, 7) is 1.32. The SMILES string of the molecule is CC(=O)c1ccccc1O[N+](=O)[O-]. The Morgan fingerprint density at radius 2 is 2.08 bits per heavy atom. The summed E-state index contributed by atoms with van der Waals surface area (Å²) in [6.07, 6.45) is 0. The lowest BCUT2D eigenvalue weighted by molar-refractivity contribution is -0.711. The van der Waals surface area contributed by atoms with Crippen LogP contribution in [0.4, 0.5) is 0 Å². The standard InChI is InChI=1S/C8H7NO4/c1-6(10)7-4-2-3-5-8(7)13-9(11)12/h2-5H,1H3. The second kappa shape index (κ2) is 3.66. The highest BCUT2D eigenvalue weighted by Gasteiger charge is 2.08. The molecule has 0 spiro atoms. The summed E-state index contributed by atoms with van der Waals surface area (Å²) in [6, 6.07) is 6.02. The van der Waals surface area contributed by atoms with E-state index in [4.69, 9.17) is 0 Å². The molecule has 0 aliphatic rings. The highest BCUT2D eigenvalue weighted by atomic mass is 17.0. The van der Waals surface area contributed by atoms with Gasteiger partial charge in [0.25, 0.3) is 5.09 Å². The second-order valence-electron chi connectivity index (χ2n) is 2.37. The van der Waals surface area contributed by atoms with Gasteiger partial charge in [-0.15, -0.1) is 10.1 Å². The van der Waals surface area contributed by atoms with Crippen molar-refractivity contribution in [2.24, 2.45) is 0 Å². The fourth-order valence-corrected chi connectivity index (χ4v) is 0.917. The number of carbonyl (C=O) groups excluding carboxylic acids is 1. The van der Waals surface area contributed by atoms with Crippen LogP contribution in [-0.4, -0.2) is 10.9 Å². The highest BCUT2D eigenvalue weighted by molar-refractivity contribution is 5.96. The second-order valence-corrected chi connectivity index (χ2v) is 2.37. The summed E-state index contributed by atoms with van der Waals surface area (Å²) >= 11 is 0. The van der Waals surface area contributed by atoms with Gasteiger partial charge in [-0.2, -0.15) is 0 Å². The van der Waals surface area contributed by atoms with E-state index in [2.05, 4.69) is 4.84 Å². The molecule has 1 rings (SSSR count). The summed E-state index contributed by atoms with van der Waals surface area (Å²) in [5.74, 6) is -0.294. The van der Waals surface area contributed by atoms with Gasteiger partial charge in [-0.1, -0.05) is 12.1 Å². The number of carbonyl (C=O) groups is 1. The van der Waals surface area contributed by atoms with Crippen LogP contribution in [0.1, 0.15) is 17.3 Å². The van der Waals surface area contributed by atoms with Crippen LogP contribution in [0.5, 0.6) is 5.75 Å². The van der Waals surface area contributed by atoms with Crippen LogP contribution in [0.15, 0.2) is 24.3 Å². The minimum Gasteiger partial charge on any atom is -0.294 e. The number of benzene rings is 1. The smallest absolute Gasteiger partial charge is 0.294 e. The van der Waals surface area contributed by atoms with Crippen molar-refractivity contribution in [2.75, 3.05) is 0 Å². The molecule has 1 aromatic rings. The number of Topliss-reactive ketones (excluding diaryl/α,β-unsaturated/α-hetero) is 1. The van der Waals surface area contributed by atoms with Crippen molar-refractivity contribution in [3.63, 3.8) is 0 Å². The summed E-state index contributed by atoms with van der Waals surface area (Å²) in [7, 11) is 0. The molecule has 1 aromatic carbocycles. The maximum atomic E-state index is 10.9. The van der Waals surface area contributed by atoms with E-state index >= 15 is 0 Å². The van der Waals surface area contributed by atoms with E-state index in [0.29, 0.717) is 0 Å². The maximum Gasteiger partial charge on any atom is 0.299 e. The van der Waals surface area contributed by atoms with Crippen LogP contribution >= 0.6 is 0 Å². The molecule has 0 unspecified atom stereocenters. The number of nitrogens with zero attached hydrogens (tertiary/aromatic N) is 1. The van der Waals surface area contributed by atoms with Gasteiger partial charge in [-0.25, -0.2) is 0 Å². The van der Waals surface area contributed by atoms with Crippen molar-refractivity contribution in [3.05, 3.63) is 39.9 Å². The van der Waals surface area contributed by atoms with Gasteiger partial charge in [-0.05, 0) is 19.1 Å². The predicted molar refractivity (Wildman–Crippen MR) is 44.1 cm³/mol. The molecule has 68 valence electrons. The third-order valence-electron chi connectivity index (χ3n) is 1.44. The van der Waals surface area contributed by atoms with Crippen LogP contribution < -0.4 is 4.84 Å². The molecule has 5 heteroatoms. The zero-order chi connectivity index (χ0) is 9.84. The first-order valence-corrected chi connectivity index (χ1v) is 3.53. The predicted octanol–water partition coefficient (Wildman–Crippen LogP) is 1.46. The van der Waals surface area contributed by atoms with Gasteiger partial charge in [-0.3, -0.25) is 9.63 Å². The zero-order valence-corrected chi connectivity index (χ0v) is 6.89. The Hall–Kier alpha value is -1.91. The topological polar surface area (TPSA) is 69.4 Å². The molecule has 0 aromatic heterocycles. The van der Waals surface area contributed by atoms with Gasteiger partial charge < -0.3 is 0 Å². The first-order valence-electron chi connectivity index (χ1n) is 3.53.